The molecule has 0 unspecified atom stereocenters. The molecule has 0 atom stereocenters. The van der Waals surface area contributed by atoms with Crippen LogP contribution in [0.2, 0.25) is 0 Å². The van der Waals surface area contributed by atoms with Crippen LogP contribution < -0.4 is 9.47 Å². The van der Waals surface area contributed by atoms with E-state index >= 15 is 0 Å². The van der Waals surface area contributed by atoms with Gasteiger partial charge in [-0.05, 0) is 45.0 Å². The van der Waals surface area contributed by atoms with Crippen molar-refractivity contribution in [2.45, 2.75) is 45.2 Å². The van der Waals surface area contributed by atoms with Crippen LogP contribution in [-0.2, 0) is 21.5 Å². The molecule has 0 aliphatic carbocycles. The van der Waals surface area contributed by atoms with Gasteiger partial charge in [-0.15, -0.1) is 0 Å². The number of carbonyl (C=O) groups excluding carboxylic acids is 2. The number of methoxy groups -OCH3 is 2. The Kier molecular flexibility index (Phi) is 10.1. The summed E-state index contributed by atoms with van der Waals surface area (Å²) in [6.45, 7) is 6.77. The summed E-state index contributed by atoms with van der Waals surface area (Å²) in [6, 6.07) is 8.15. The van der Waals surface area contributed by atoms with Gasteiger partial charge in [0.1, 0.15) is 16.4 Å². The summed E-state index contributed by atoms with van der Waals surface area (Å²) in [5.74, 6) is 0.357. The first-order valence-corrected chi connectivity index (χ1v) is 11.4. The maximum atomic E-state index is 11.6. The van der Waals surface area contributed by atoms with Crippen LogP contribution in [0.1, 0.15) is 43.6 Å². The molecular formula is C22H28N2O9S. The highest BCUT2D eigenvalue weighted by molar-refractivity contribution is 7.86. The van der Waals surface area contributed by atoms with Crippen molar-refractivity contribution in [2.24, 2.45) is 0 Å². The Morgan fingerprint density at radius 2 is 1.71 bits per heavy atom. The molecule has 0 radical (unpaired) electrons. The van der Waals surface area contributed by atoms with Crippen LogP contribution in [0.25, 0.3) is 0 Å². The average Bonchev–Trinajstić information content (AvgIpc) is 2.75. The third-order valence-electron chi connectivity index (χ3n) is 4.69. The van der Waals surface area contributed by atoms with Crippen molar-refractivity contribution in [3.05, 3.63) is 57.6 Å². The first kappa shape index (κ1) is 28.5. The second kappa shape index (κ2) is 12.1. The van der Waals surface area contributed by atoms with Gasteiger partial charge < -0.3 is 14.4 Å². The molecule has 2 rings (SSSR count). The smallest absolute Gasteiger partial charge is 0.295 e. The zero-order valence-electron chi connectivity index (χ0n) is 19.8. The Labute approximate surface area is 198 Å². The van der Waals surface area contributed by atoms with Crippen LogP contribution in [-0.4, -0.2) is 54.7 Å². The van der Waals surface area contributed by atoms with Gasteiger partial charge in [-0.1, -0.05) is 0 Å². The van der Waals surface area contributed by atoms with Gasteiger partial charge in [0, 0.05) is 42.8 Å². The minimum Gasteiger partial charge on any atom is -0.497 e. The highest BCUT2D eigenvalue weighted by Crippen LogP contribution is 2.26. The molecule has 0 bridgehead atoms. The van der Waals surface area contributed by atoms with Gasteiger partial charge in [0.05, 0.1) is 19.1 Å². The molecule has 0 heterocycles. The summed E-state index contributed by atoms with van der Waals surface area (Å²) in [7, 11) is -1.49. The van der Waals surface area contributed by atoms with Crippen molar-refractivity contribution in [1.82, 2.24) is 4.90 Å². The maximum Gasteiger partial charge on any atom is 0.295 e. The van der Waals surface area contributed by atoms with Gasteiger partial charge >= 0.3 is 0 Å². The number of rotatable bonds is 8. The van der Waals surface area contributed by atoms with Crippen molar-refractivity contribution < 1.29 is 37.0 Å². The number of Topliss-reactive ketones (excluding diaryl/α,β-unsaturated/α-hetero) is 1. The topological polar surface area (TPSA) is 153 Å². The monoisotopic (exact) mass is 496 g/mol. The summed E-state index contributed by atoms with van der Waals surface area (Å²) >= 11 is 0. The van der Waals surface area contributed by atoms with E-state index in [2.05, 4.69) is 0 Å². The molecule has 12 heteroatoms. The van der Waals surface area contributed by atoms with E-state index in [1.165, 1.54) is 52.3 Å². The summed E-state index contributed by atoms with van der Waals surface area (Å²) < 4.78 is 40.7. The number of ether oxygens (including phenoxy) is 2. The van der Waals surface area contributed by atoms with Gasteiger partial charge in [0.2, 0.25) is 5.91 Å². The minimum absolute atomic E-state index is 0.0111. The number of hydrogen-bond donors (Lipinski definition) is 1. The van der Waals surface area contributed by atoms with Crippen molar-refractivity contribution in [3.8, 4) is 11.5 Å². The highest BCUT2D eigenvalue weighted by atomic mass is 32.2. The summed E-state index contributed by atoms with van der Waals surface area (Å²) in [5, 5.41) is 10.8. The number of nitro benzene ring substituents is 1. The van der Waals surface area contributed by atoms with E-state index in [9.17, 15) is 28.1 Å². The molecule has 2 aromatic carbocycles. The number of benzene rings is 2. The molecule has 0 fully saturated rings. The van der Waals surface area contributed by atoms with E-state index in [4.69, 9.17) is 14.0 Å². The zero-order valence-corrected chi connectivity index (χ0v) is 20.6. The first-order chi connectivity index (χ1) is 15.7. The Balaban J connectivity index is 0.000000350. The Hall–Kier alpha value is -3.51. The zero-order chi connectivity index (χ0) is 26.2. The van der Waals surface area contributed by atoms with E-state index in [0.29, 0.717) is 17.1 Å². The number of ketones is 1. The molecule has 0 saturated heterocycles. The summed E-state index contributed by atoms with van der Waals surface area (Å²) in [5.41, 5.74) is 0.528. The lowest BCUT2D eigenvalue weighted by molar-refractivity contribution is -0.385. The van der Waals surface area contributed by atoms with Crippen LogP contribution in [0.5, 0.6) is 11.5 Å². The molecule has 1 amide bonds. The molecule has 0 aliphatic heterocycles. The largest absolute Gasteiger partial charge is 0.497 e. The second-order valence-corrected chi connectivity index (χ2v) is 8.78. The Bertz CT molecular complexity index is 1160. The van der Waals surface area contributed by atoms with E-state index in [1.54, 1.807) is 11.0 Å². The lowest BCUT2D eigenvalue weighted by atomic mass is 10.1. The van der Waals surface area contributed by atoms with Gasteiger partial charge in [-0.2, -0.15) is 8.42 Å². The lowest BCUT2D eigenvalue weighted by Gasteiger charge is -2.26. The summed E-state index contributed by atoms with van der Waals surface area (Å²) in [4.78, 5) is 34.3. The fourth-order valence-electron chi connectivity index (χ4n) is 2.98. The lowest BCUT2D eigenvalue weighted by Crippen LogP contribution is -2.34. The fourth-order valence-corrected chi connectivity index (χ4v) is 3.70. The van der Waals surface area contributed by atoms with Crippen LogP contribution in [0.4, 0.5) is 5.69 Å². The minimum atomic E-state index is -4.38. The van der Waals surface area contributed by atoms with E-state index in [0.717, 1.165) is 6.07 Å². The standard InChI is InChI=1S/C13H18N2O4.C9H10O5S/c1-9(2)14(10(3)16)8-11-7-12(15(17)18)5-6-13(11)19-4;1-6(10)8-5-7(14-2)3-4-9(8)15(11,12)13/h5-7,9H,8H2,1-4H3;3-5H,1-2H3,(H,11,12,13). The first-order valence-electron chi connectivity index (χ1n) is 9.97. The fraction of sp³-hybridized carbons (Fsp3) is 0.364. The number of hydrogen-bond acceptors (Lipinski definition) is 8. The molecule has 2 aromatic rings. The molecular weight excluding hydrogens is 468 g/mol. The van der Waals surface area contributed by atoms with E-state index in [1.807, 2.05) is 13.8 Å². The molecule has 34 heavy (non-hydrogen) atoms. The quantitative estimate of drug-likeness (QED) is 0.250. The third-order valence-corrected chi connectivity index (χ3v) is 5.60. The Morgan fingerprint density at radius 3 is 2.12 bits per heavy atom. The van der Waals surface area contributed by atoms with Crippen LogP contribution in [0, 0.1) is 10.1 Å². The van der Waals surface area contributed by atoms with Crippen molar-refractivity contribution in [2.75, 3.05) is 14.2 Å². The number of non-ortho nitro benzene ring substituents is 1. The maximum absolute atomic E-state index is 11.6. The van der Waals surface area contributed by atoms with E-state index < -0.39 is 25.7 Å². The van der Waals surface area contributed by atoms with Gasteiger partial charge in [0.15, 0.2) is 5.78 Å². The molecule has 11 nitrogen and oxygen atoms in total. The number of amides is 1. The normalized spacial score (nSPS) is 10.7. The number of nitro groups is 1. The molecule has 0 aliphatic rings. The predicted molar refractivity (Wildman–Crippen MR) is 124 cm³/mol. The molecule has 0 spiro atoms. The van der Waals surface area contributed by atoms with E-state index in [-0.39, 0.29) is 29.7 Å². The molecule has 1 N–H and O–H groups in total. The molecule has 0 aromatic heterocycles. The number of nitrogens with zero attached hydrogens (tertiary/aromatic N) is 2. The van der Waals surface area contributed by atoms with Crippen LogP contribution in [0.15, 0.2) is 41.3 Å². The predicted octanol–water partition coefficient (Wildman–Crippen LogP) is 3.50. The molecule has 0 saturated carbocycles. The third kappa shape index (κ3) is 7.81. The number of carbonyl (C=O) groups is 2. The average molecular weight is 497 g/mol. The summed E-state index contributed by atoms with van der Waals surface area (Å²) in [6.07, 6.45) is 0. The molecule has 186 valence electrons. The van der Waals surface area contributed by atoms with Crippen LogP contribution in [0.3, 0.4) is 0 Å². The SMILES string of the molecule is COc1ccc(S(=O)(=O)O)c(C(C)=O)c1.COc1ccc([N+](=O)[O-])cc1CN(C(C)=O)C(C)C. The van der Waals surface area contributed by atoms with Gasteiger partial charge in [-0.3, -0.25) is 24.3 Å². The van der Waals surface area contributed by atoms with Gasteiger partial charge in [0.25, 0.3) is 15.8 Å². The van der Waals surface area contributed by atoms with Crippen molar-refractivity contribution >= 4 is 27.5 Å². The Morgan fingerprint density at radius 1 is 1.09 bits per heavy atom. The van der Waals surface area contributed by atoms with Crippen molar-refractivity contribution in [1.29, 1.82) is 0 Å². The highest BCUT2D eigenvalue weighted by Gasteiger charge is 2.19. The second-order valence-electron chi connectivity index (χ2n) is 7.39. The van der Waals surface area contributed by atoms with Crippen molar-refractivity contribution in [3.63, 3.8) is 0 Å². The van der Waals surface area contributed by atoms with Crippen LogP contribution >= 0.6 is 0 Å². The van der Waals surface area contributed by atoms with Gasteiger partial charge in [-0.25, -0.2) is 0 Å².